The van der Waals surface area contributed by atoms with Gasteiger partial charge in [0.05, 0.1) is 20.5 Å². The third kappa shape index (κ3) is 4.07. The molecule has 7 nitrogen and oxygen atoms in total. The standard InChI is InChI=1S/C18H14Cl2FN3O4/c19-14-5-3-12(24(27)28)8-13(14)18(26)23(10-22-7-1-2-17(22)25)11-4-6-16(21)15(20)9-11/h3-6,8-9H,1-2,7,10H2. The first-order valence-corrected chi connectivity index (χ1v) is 9.02. The minimum atomic E-state index is -0.670. The zero-order chi connectivity index (χ0) is 20.4. The van der Waals surface area contributed by atoms with E-state index in [0.29, 0.717) is 19.4 Å². The molecule has 28 heavy (non-hydrogen) atoms. The molecule has 0 aromatic heterocycles. The van der Waals surface area contributed by atoms with Gasteiger partial charge in [-0.3, -0.25) is 24.6 Å². The monoisotopic (exact) mass is 425 g/mol. The highest BCUT2D eigenvalue weighted by Gasteiger charge is 2.28. The largest absolute Gasteiger partial charge is 0.324 e. The molecule has 146 valence electrons. The second-order valence-corrected chi connectivity index (χ2v) is 6.97. The number of carbonyl (C=O) groups is 2. The average Bonchev–Trinajstić information content (AvgIpc) is 3.06. The van der Waals surface area contributed by atoms with Crippen molar-refractivity contribution in [3.8, 4) is 0 Å². The molecule has 0 bridgehead atoms. The molecule has 1 aliphatic rings. The predicted octanol–water partition coefficient (Wildman–Crippen LogP) is 4.27. The molecule has 10 heteroatoms. The minimum absolute atomic E-state index is 0.0153. The summed E-state index contributed by atoms with van der Waals surface area (Å²) in [5, 5.41) is 10.9. The van der Waals surface area contributed by atoms with Crippen molar-refractivity contribution in [1.82, 2.24) is 4.90 Å². The second-order valence-electron chi connectivity index (χ2n) is 6.16. The van der Waals surface area contributed by atoms with Crippen molar-refractivity contribution < 1.29 is 18.9 Å². The van der Waals surface area contributed by atoms with Gasteiger partial charge in [-0.1, -0.05) is 23.2 Å². The van der Waals surface area contributed by atoms with Crippen LogP contribution in [0.4, 0.5) is 15.8 Å². The van der Waals surface area contributed by atoms with Gasteiger partial charge in [0.15, 0.2) is 0 Å². The zero-order valence-corrected chi connectivity index (χ0v) is 15.9. The summed E-state index contributed by atoms with van der Waals surface area (Å²) >= 11 is 11.9. The molecule has 2 aromatic carbocycles. The number of hydrogen-bond acceptors (Lipinski definition) is 4. The Labute approximate surface area is 169 Å². The summed E-state index contributed by atoms with van der Waals surface area (Å²) in [6.45, 7) is 0.346. The highest BCUT2D eigenvalue weighted by molar-refractivity contribution is 6.34. The summed E-state index contributed by atoms with van der Waals surface area (Å²) in [7, 11) is 0. The number of nitro benzene ring substituents is 1. The number of likely N-dealkylation sites (tertiary alicyclic amines) is 1. The van der Waals surface area contributed by atoms with Gasteiger partial charge in [-0.05, 0) is 30.7 Å². The van der Waals surface area contributed by atoms with Crippen molar-refractivity contribution in [1.29, 1.82) is 0 Å². The summed E-state index contributed by atoms with van der Waals surface area (Å²) in [6, 6.07) is 7.19. The quantitative estimate of drug-likeness (QED) is 0.528. The maximum atomic E-state index is 13.6. The number of nitro groups is 1. The van der Waals surface area contributed by atoms with Crippen molar-refractivity contribution in [2.24, 2.45) is 0 Å². The molecule has 2 aromatic rings. The Morgan fingerprint density at radius 2 is 1.96 bits per heavy atom. The molecule has 0 radical (unpaired) electrons. The van der Waals surface area contributed by atoms with Crippen LogP contribution >= 0.6 is 23.2 Å². The van der Waals surface area contributed by atoms with Crippen molar-refractivity contribution in [2.75, 3.05) is 18.1 Å². The Morgan fingerprint density at radius 1 is 1.21 bits per heavy atom. The molecule has 1 fully saturated rings. The predicted molar refractivity (Wildman–Crippen MR) is 102 cm³/mol. The van der Waals surface area contributed by atoms with E-state index < -0.39 is 16.6 Å². The van der Waals surface area contributed by atoms with E-state index in [2.05, 4.69) is 0 Å². The molecule has 1 aliphatic heterocycles. The van der Waals surface area contributed by atoms with Gasteiger partial charge in [-0.2, -0.15) is 0 Å². The number of nitrogens with zero attached hydrogens (tertiary/aromatic N) is 3. The third-order valence-corrected chi connectivity index (χ3v) is 4.95. The van der Waals surface area contributed by atoms with Crippen LogP contribution in [0.2, 0.25) is 10.0 Å². The Bertz CT molecular complexity index is 970. The Balaban J connectivity index is 2.03. The SMILES string of the molecule is O=C1CCCN1CN(C(=O)c1cc([N+](=O)[O-])ccc1Cl)c1ccc(F)c(Cl)c1. The summed E-state index contributed by atoms with van der Waals surface area (Å²) in [6.07, 6.45) is 1.02. The number of carbonyl (C=O) groups excluding carboxylic acids is 2. The lowest BCUT2D eigenvalue weighted by Gasteiger charge is -2.28. The van der Waals surface area contributed by atoms with Gasteiger partial charge in [0.2, 0.25) is 5.91 Å². The topological polar surface area (TPSA) is 83.8 Å². The van der Waals surface area contributed by atoms with Gasteiger partial charge in [0, 0.05) is 30.8 Å². The molecule has 1 saturated heterocycles. The number of halogens is 3. The van der Waals surface area contributed by atoms with E-state index in [1.807, 2.05) is 0 Å². The molecule has 0 unspecified atom stereocenters. The van der Waals surface area contributed by atoms with Crippen LogP contribution in [0.1, 0.15) is 23.2 Å². The normalized spacial score (nSPS) is 13.7. The van der Waals surface area contributed by atoms with Gasteiger partial charge >= 0.3 is 0 Å². The van der Waals surface area contributed by atoms with Crippen LogP contribution in [-0.2, 0) is 4.79 Å². The van der Waals surface area contributed by atoms with Crippen LogP contribution in [-0.4, -0.2) is 34.9 Å². The summed E-state index contributed by atoms with van der Waals surface area (Å²) in [4.78, 5) is 38.3. The van der Waals surface area contributed by atoms with E-state index in [4.69, 9.17) is 23.2 Å². The number of hydrogen-bond donors (Lipinski definition) is 0. The lowest BCUT2D eigenvalue weighted by molar-refractivity contribution is -0.384. The van der Waals surface area contributed by atoms with E-state index in [0.717, 1.165) is 12.1 Å². The van der Waals surface area contributed by atoms with Crippen molar-refractivity contribution in [3.63, 3.8) is 0 Å². The Morgan fingerprint density at radius 3 is 2.57 bits per heavy atom. The van der Waals surface area contributed by atoms with Crippen LogP contribution in [0.25, 0.3) is 0 Å². The van der Waals surface area contributed by atoms with E-state index in [9.17, 15) is 24.1 Å². The lowest BCUT2D eigenvalue weighted by atomic mass is 10.1. The first-order chi connectivity index (χ1) is 13.3. The van der Waals surface area contributed by atoms with Gasteiger partial charge in [-0.15, -0.1) is 0 Å². The molecule has 3 rings (SSSR count). The van der Waals surface area contributed by atoms with Crippen LogP contribution in [0.3, 0.4) is 0 Å². The summed E-state index contributed by atoms with van der Waals surface area (Å²) < 4.78 is 13.6. The van der Waals surface area contributed by atoms with Crippen LogP contribution < -0.4 is 4.90 Å². The van der Waals surface area contributed by atoms with E-state index in [-0.39, 0.29) is 39.6 Å². The Hall–Kier alpha value is -2.71. The highest BCUT2D eigenvalue weighted by atomic mass is 35.5. The van der Waals surface area contributed by atoms with Gasteiger partial charge in [0.1, 0.15) is 12.5 Å². The van der Waals surface area contributed by atoms with Crippen LogP contribution in [0, 0.1) is 15.9 Å². The van der Waals surface area contributed by atoms with Crippen LogP contribution in [0.15, 0.2) is 36.4 Å². The molecular weight excluding hydrogens is 412 g/mol. The molecule has 1 heterocycles. The van der Waals surface area contributed by atoms with Crippen molar-refractivity contribution in [2.45, 2.75) is 12.8 Å². The van der Waals surface area contributed by atoms with E-state index in [1.165, 1.54) is 34.1 Å². The zero-order valence-electron chi connectivity index (χ0n) is 14.4. The molecule has 0 aliphatic carbocycles. The number of benzene rings is 2. The molecule has 0 N–H and O–H groups in total. The maximum Gasteiger partial charge on any atom is 0.270 e. The van der Waals surface area contributed by atoms with Crippen molar-refractivity contribution in [3.05, 3.63) is 67.9 Å². The van der Waals surface area contributed by atoms with Crippen LogP contribution in [0.5, 0.6) is 0 Å². The summed E-state index contributed by atoms with van der Waals surface area (Å²) in [5.74, 6) is -1.46. The molecule has 2 amide bonds. The second kappa shape index (κ2) is 8.12. The number of rotatable bonds is 5. The highest BCUT2D eigenvalue weighted by Crippen LogP contribution is 2.29. The first-order valence-electron chi connectivity index (χ1n) is 8.26. The van der Waals surface area contributed by atoms with Gasteiger partial charge < -0.3 is 4.90 Å². The average molecular weight is 426 g/mol. The fourth-order valence-electron chi connectivity index (χ4n) is 2.88. The van der Waals surface area contributed by atoms with E-state index in [1.54, 1.807) is 0 Å². The molecule has 0 spiro atoms. The third-order valence-electron chi connectivity index (χ3n) is 4.33. The summed E-state index contributed by atoms with van der Waals surface area (Å²) in [5.41, 5.74) is -0.177. The fourth-order valence-corrected chi connectivity index (χ4v) is 3.25. The lowest BCUT2D eigenvalue weighted by Crippen LogP contribution is -2.42. The number of amides is 2. The maximum absolute atomic E-state index is 13.6. The fraction of sp³-hybridized carbons (Fsp3) is 0.222. The van der Waals surface area contributed by atoms with Gasteiger partial charge in [-0.25, -0.2) is 4.39 Å². The first kappa shape index (κ1) is 20.0. The molecule has 0 saturated carbocycles. The number of anilines is 1. The van der Waals surface area contributed by atoms with Gasteiger partial charge in [0.25, 0.3) is 11.6 Å². The number of non-ortho nitro benzene ring substituents is 1. The van der Waals surface area contributed by atoms with Crippen molar-refractivity contribution >= 4 is 46.4 Å². The minimum Gasteiger partial charge on any atom is -0.324 e. The molecule has 0 atom stereocenters. The van der Waals surface area contributed by atoms with E-state index >= 15 is 0 Å². The Kier molecular flexibility index (Phi) is 5.81. The molecular formula is C18H14Cl2FN3O4. The smallest absolute Gasteiger partial charge is 0.270 e.